The van der Waals surface area contributed by atoms with Gasteiger partial charge in [-0.25, -0.2) is 4.39 Å². The van der Waals surface area contributed by atoms with E-state index >= 15 is 0 Å². The summed E-state index contributed by atoms with van der Waals surface area (Å²) < 4.78 is 14.2. The Morgan fingerprint density at radius 1 is 1.16 bits per heavy atom. The highest BCUT2D eigenvalue weighted by molar-refractivity contribution is 7.20. The number of thiophene rings is 1. The summed E-state index contributed by atoms with van der Waals surface area (Å²) in [6, 6.07) is 14.8. The largest absolute Gasteiger partial charge is 0.352 e. The summed E-state index contributed by atoms with van der Waals surface area (Å²) in [6.45, 7) is 0.861. The van der Waals surface area contributed by atoms with Gasteiger partial charge in [0.25, 0.3) is 5.91 Å². The summed E-state index contributed by atoms with van der Waals surface area (Å²) >= 11 is 1.32. The molecule has 25 heavy (non-hydrogen) atoms. The van der Waals surface area contributed by atoms with Crippen molar-refractivity contribution in [2.45, 2.75) is 6.04 Å². The van der Waals surface area contributed by atoms with Crippen molar-refractivity contribution in [2.75, 3.05) is 13.1 Å². The van der Waals surface area contributed by atoms with E-state index in [2.05, 4.69) is 5.32 Å². The highest BCUT2D eigenvalue weighted by Gasteiger charge is 2.35. The molecule has 1 aliphatic heterocycles. The minimum Gasteiger partial charge on any atom is -0.352 e. The zero-order valence-electron chi connectivity index (χ0n) is 13.2. The number of piperazine rings is 1. The average Bonchev–Trinajstić information content (AvgIpc) is 3.04. The van der Waals surface area contributed by atoms with Crippen molar-refractivity contribution in [1.82, 2.24) is 10.2 Å². The maximum atomic E-state index is 13.4. The predicted octanol–water partition coefficient (Wildman–Crippen LogP) is 3.35. The van der Waals surface area contributed by atoms with Gasteiger partial charge in [-0.2, -0.15) is 0 Å². The van der Waals surface area contributed by atoms with Crippen LogP contribution in [0.4, 0.5) is 4.39 Å². The zero-order chi connectivity index (χ0) is 17.4. The van der Waals surface area contributed by atoms with E-state index < -0.39 is 6.04 Å². The van der Waals surface area contributed by atoms with E-state index in [1.807, 2.05) is 30.3 Å². The number of carbonyl (C=O) groups is 2. The van der Waals surface area contributed by atoms with Crippen LogP contribution in [0.2, 0.25) is 0 Å². The zero-order valence-corrected chi connectivity index (χ0v) is 14.1. The first-order chi connectivity index (χ1) is 12.1. The normalized spacial score (nSPS) is 17.6. The van der Waals surface area contributed by atoms with Gasteiger partial charge in [0, 0.05) is 17.8 Å². The first kappa shape index (κ1) is 15.8. The molecule has 1 atom stereocenters. The number of fused-ring (bicyclic) bond motifs is 1. The van der Waals surface area contributed by atoms with Crippen LogP contribution in [0.3, 0.4) is 0 Å². The van der Waals surface area contributed by atoms with Gasteiger partial charge in [-0.05, 0) is 35.2 Å². The van der Waals surface area contributed by atoms with Gasteiger partial charge in [0.05, 0.1) is 4.88 Å². The Labute approximate surface area is 147 Å². The van der Waals surface area contributed by atoms with Gasteiger partial charge in [0.2, 0.25) is 5.91 Å². The van der Waals surface area contributed by atoms with Gasteiger partial charge in [0.15, 0.2) is 0 Å². The van der Waals surface area contributed by atoms with E-state index in [0.29, 0.717) is 23.4 Å². The number of rotatable bonds is 2. The number of nitrogens with zero attached hydrogens (tertiary/aromatic N) is 1. The number of amides is 2. The van der Waals surface area contributed by atoms with Crippen LogP contribution < -0.4 is 5.32 Å². The molecule has 6 heteroatoms. The van der Waals surface area contributed by atoms with Crippen molar-refractivity contribution in [2.24, 2.45) is 0 Å². The van der Waals surface area contributed by atoms with E-state index in [1.165, 1.54) is 23.5 Å². The van der Waals surface area contributed by atoms with Gasteiger partial charge >= 0.3 is 0 Å². The summed E-state index contributed by atoms with van der Waals surface area (Å²) in [7, 11) is 0. The molecular formula is C19H15FN2O2S. The third kappa shape index (κ3) is 2.89. The van der Waals surface area contributed by atoms with E-state index in [4.69, 9.17) is 0 Å². The molecule has 1 aromatic heterocycles. The molecule has 2 heterocycles. The third-order valence-electron chi connectivity index (χ3n) is 4.28. The molecule has 0 radical (unpaired) electrons. The van der Waals surface area contributed by atoms with Crippen LogP contribution in [0.1, 0.15) is 21.3 Å². The molecule has 0 aliphatic carbocycles. The lowest BCUT2D eigenvalue weighted by Gasteiger charge is -2.35. The summed E-state index contributed by atoms with van der Waals surface area (Å²) in [5.74, 6) is -0.716. The summed E-state index contributed by atoms with van der Waals surface area (Å²) in [5, 5.41) is 3.52. The van der Waals surface area contributed by atoms with Gasteiger partial charge in [0.1, 0.15) is 11.9 Å². The number of benzene rings is 2. The molecule has 1 saturated heterocycles. The molecule has 126 valence electrons. The maximum Gasteiger partial charge on any atom is 0.264 e. The monoisotopic (exact) mass is 354 g/mol. The first-order valence-electron chi connectivity index (χ1n) is 7.96. The van der Waals surface area contributed by atoms with Crippen molar-refractivity contribution in [3.8, 4) is 0 Å². The fourth-order valence-corrected chi connectivity index (χ4v) is 4.11. The molecule has 1 fully saturated rings. The highest BCUT2D eigenvalue weighted by atomic mass is 32.1. The standard InChI is InChI=1S/C19H15FN2O2S/c20-14-6-7-15-13(10-14)11-16(25-15)19(24)22-9-8-21-18(23)17(22)12-4-2-1-3-5-12/h1-7,10-11,17H,8-9H2,(H,21,23). The van der Waals surface area contributed by atoms with Crippen molar-refractivity contribution < 1.29 is 14.0 Å². The SMILES string of the molecule is O=C1NCCN(C(=O)c2cc3cc(F)ccc3s2)C1c1ccccc1. The Morgan fingerprint density at radius 2 is 1.96 bits per heavy atom. The molecule has 4 rings (SSSR count). The van der Waals surface area contributed by atoms with E-state index in [-0.39, 0.29) is 17.6 Å². The Bertz CT molecular complexity index is 954. The summed E-state index contributed by atoms with van der Waals surface area (Å²) in [4.78, 5) is 27.6. The lowest BCUT2D eigenvalue weighted by molar-refractivity contribution is -0.128. The molecule has 0 bridgehead atoms. The average molecular weight is 354 g/mol. The number of nitrogens with one attached hydrogen (secondary N) is 1. The molecular weight excluding hydrogens is 339 g/mol. The Hall–Kier alpha value is -2.73. The van der Waals surface area contributed by atoms with Gasteiger partial charge in [-0.3, -0.25) is 9.59 Å². The van der Waals surface area contributed by atoms with Crippen LogP contribution in [0, 0.1) is 5.82 Å². The molecule has 2 aromatic carbocycles. The van der Waals surface area contributed by atoms with Crippen molar-refractivity contribution in [3.63, 3.8) is 0 Å². The second-order valence-electron chi connectivity index (χ2n) is 5.90. The minimum atomic E-state index is -0.649. The van der Waals surface area contributed by atoms with Crippen LogP contribution in [-0.2, 0) is 4.79 Å². The molecule has 3 aromatic rings. The molecule has 1 aliphatic rings. The summed E-state index contributed by atoms with van der Waals surface area (Å²) in [6.07, 6.45) is 0. The molecule has 4 nitrogen and oxygen atoms in total. The Morgan fingerprint density at radius 3 is 2.76 bits per heavy atom. The minimum absolute atomic E-state index is 0.182. The fourth-order valence-electron chi connectivity index (χ4n) is 3.11. The van der Waals surface area contributed by atoms with Gasteiger partial charge in [-0.15, -0.1) is 11.3 Å². The third-order valence-corrected chi connectivity index (χ3v) is 5.38. The molecule has 0 spiro atoms. The molecule has 2 amide bonds. The van der Waals surface area contributed by atoms with Crippen molar-refractivity contribution in [3.05, 3.63) is 70.9 Å². The Balaban J connectivity index is 1.72. The molecule has 0 saturated carbocycles. The van der Waals surface area contributed by atoms with Gasteiger partial charge < -0.3 is 10.2 Å². The maximum absolute atomic E-state index is 13.4. The number of hydrogen-bond donors (Lipinski definition) is 1. The van der Waals surface area contributed by atoms with Crippen molar-refractivity contribution in [1.29, 1.82) is 0 Å². The predicted molar refractivity (Wildman–Crippen MR) is 95.0 cm³/mol. The van der Waals surface area contributed by atoms with Crippen LogP contribution >= 0.6 is 11.3 Å². The Kier molecular flexibility index (Phi) is 3.97. The van der Waals surface area contributed by atoms with E-state index in [1.54, 1.807) is 17.0 Å². The first-order valence-corrected chi connectivity index (χ1v) is 8.78. The lowest BCUT2D eigenvalue weighted by atomic mass is 10.0. The van der Waals surface area contributed by atoms with Crippen molar-refractivity contribution >= 4 is 33.2 Å². The van der Waals surface area contributed by atoms with Crippen LogP contribution in [0.25, 0.3) is 10.1 Å². The van der Waals surface area contributed by atoms with Crippen LogP contribution in [0.5, 0.6) is 0 Å². The number of carbonyl (C=O) groups excluding carboxylic acids is 2. The second-order valence-corrected chi connectivity index (χ2v) is 6.98. The molecule has 1 N–H and O–H groups in total. The smallest absolute Gasteiger partial charge is 0.264 e. The lowest BCUT2D eigenvalue weighted by Crippen LogP contribution is -2.52. The highest BCUT2D eigenvalue weighted by Crippen LogP contribution is 2.31. The quantitative estimate of drug-likeness (QED) is 0.767. The molecule has 1 unspecified atom stereocenters. The topological polar surface area (TPSA) is 49.4 Å². The number of hydrogen-bond acceptors (Lipinski definition) is 3. The van der Waals surface area contributed by atoms with Crippen LogP contribution in [-0.4, -0.2) is 29.8 Å². The van der Waals surface area contributed by atoms with Crippen LogP contribution in [0.15, 0.2) is 54.6 Å². The fraction of sp³-hybridized carbons (Fsp3) is 0.158. The summed E-state index contributed by atoms with van der Waals surface area (Å²) in [5.41, 5.74) is 0.778. The number of halogens is 1. The second kappa shape index (κ2) is 6.29. The van der Waals surface area contributed by atoms with Gasteiger partial charge in [-0.1, -0.05) is 30.3 Å². The van der Waals surface area contributed by atoms with E-state index in [9.17, 15) is 14.0 Å². The van der Waals surface area contributed by atoms with E-state index in [0.717, 1.165) is 10.3 Å².